The van der Waals surface area contributed by atoms with Gasteiger partial charge in [-0.25, -0.2) is 22.5 Å². The number of halogens is 1. The molecule has 1 amide bonds. The quantitative estimate of drug-likeness (QED) is 0.293. The van der Waals surface area contributed by atoms with Crippen molar-refractivity contribution in [3.8, 4) is 22.9 Å². The maximum Gasteiger partial charge on any atom is 0.267 e. The van der Waals surface area contributed by atoms with E-state index in [0.717, 1.165) is 16.7 Å². The van der Waals surface area contributed by atoms with Gasteiger partial charge in [0.25, 0.3) is 10.0 Å². The van der Waals surface area contributed by atoms with Gasteiger partial charge in [0.05, 0.1) is 31.5 Å². The predicted octanol–water partition coefficient (Wildman–Crippen LogP) is 3.88. The lowest BCUT2D eigenvalue weighted by atomic mass is 10.00. The first kappa shape index (κ1) is 29.0. The van der Waals surface area contributed by atoms with Crippen molar-refractivity contribution in [2.45, 2.75) is 37.7 Å². The molecule has 3 heterocycles. The number of rotatable bonds is 10. The summed E-state index contributed by atoms with van der Waals surface area (Å²) in [6.07, 6.45) is 3.00. The van der Waals surface area contributed by atoms with Crippen molar-refractivity contribution in [3.05, 3.63) is 77.9 Å². The molecule has 2 aromatic carbocycles. The highest BCUT2D eigenvalue weighted by Crippen LogP contribution is 2.30. The molecule has 0 radical (unpaired) electrons. The van der Waals surface area contributed by atoms with Gasteiger partial charge >= 0.3 is 0 Å². The molecular weight excluding hydrogens is 563 g/mol. The first-order chi connectivity index (χ1) is 20.1. The van der Waals surface area contributed by atoms with Crippen LogP contribution in [0.3, 0.4) is 0 Å². The van der Waals surface area contributed by atoms with E-state index in [0.29, 0.717) is 31.0 Å². The zero-order valence-electron chi connectivity index (χ0n) is 23.4. The van der Waals surface area contributed by atoms with Crippen LogP contribution in [0.2, 0.25) is 0 Å². The Morgan fingerprint density at radius 3 is 2.55 bits per heavy atom. The van der Waals surface area contributed by atoms with Crippen LogP contribution in [0.25, 0.3) is 11.3 Å². The van der Waals surface area contributed by atoms with E-state index in [-0.39, 0.29) is 47.6 Å². The lowest BCUT2D eigenvalue weighted by Gasteiger charge is -2.18. The first-order valence-corrected chi connectivity index (χ1v) is 14.9. The van der Waals surface area contributed by atoms with Crippen molar-refractivity contribution < 1.29 is 27.1 Å². The number of hydrogen-bond acceptors (Lipinski definition) is 8. The van der Waals surface area contributed by atoms with Gasteiger partial charge in [-0.1, -0.05) is 18.2 Å². The van der Waals surface area contributed by atoms with E-state index in [2.05, 4.69) is 19.8 Å². The monoisotopic (exact) mass is 594 g/mol. The molecule has 1 aliphatic rings. The molecule has 4 aromatic rings. The van der Waals surface area contributed by atoms with Crippen LogP contribution in [0.4, 0.5) is 10.3 Å². The molecule has 220 valence electrons. The fraction of sp³-hybridized carbons (Fsp3) is 0.310. The van der Waals surface area contributed by atoms with Crippen LogP contribution in [-0.2, 0) is 21.9 Å². The highest BCUT2D eigenvalue weighted by molar-refractivity contribution is 7.92. The number of aromatic nitrogens is 4. The zero-order chi connectivity index (χ0) is 29.9. The minimum Gasteiger partial charge on any atom is -0.493 e. The van der Waals surface area contributed by atoms with Gasteiger partial charge in [-0.15, -0.1) is 0 Å². The smallest absolute Gasteiger partial charge is 0.267 e. The molecule has 1 N–H and O–H groups in total. The summed E-state index contributed by atoms with van der Waals surface area (Å²) >= 11 is 0. The minimum atomic E-state index is -4.00. The van der Waals surface area contributed by atoms with Crippen molar-refractivity contribution in [2.24, 2.45) is 7.05 Å². The number of ether oxygens (including phenoxy) is 2. The Kier molecular flexibility index (Phi) is 8.39. The maximum atomic E-state index is 13.1. The Labute approximate surface area is 243 Å². The molecule has 0 spiro atoms. The van der Waals surface area contributed by atoms with Crippen LogP contribution in [0, 0.1) is 19.7 Å². The van der Waals surface area contributed by atoms with Crippen LogP contribution < -0.4 is 14.2 Å². The summed E-state index contributed by atoms with van der Waals surface area (Å²) in [6.45, 7) is 4.90. The number of carbonyl (C=O) groups excluding carboxylic acids is 1. The minimum absolute atomic E-state index is 0.0260. The molecule has 42 heavy (non-hydrogen) atoms. The Balaban J connectivity index is 1.30. The highest BCUT2D eigenvalue weighted by atomic mass is 32.2. The number of anilines is 1. The molecule has 11 nitrogen and oxygen atoms in total. The van der Waals surface area contributed by atoms with E-state index in [1.165, 1.54) is 41.3 Å². The van der Waals surface area contributed by atoms with Crippen LogP contribution in [0.5, 0.6) is 11.6 Å². The molecular formula is C29H31FN6O5S. The number of nitrogens with one attached hydrogen (secondary N) is 1. The van der Waals surface area contributed by atoms with Crippen molar-refractivity contribution in [2.75, 3.05) is 24.4 Å². The number of benzene rings is 2. The number of likely N-dealkylation sites (tertiary alicyclic amines) is 1. The first-order valence-electron chi connectivity index (χ1n) is 13.4. The van der Waals surface area contributed by atoms with E-state index in [1.54, 1.807) is 18.0 Å². The van der Waals surface area contributed by atoms with Crippen molar-refractivity contribution >= 4 is 21.9 Å². The molecule has 13 heteroatoms. The van der Waals surface area contributed by atoms with E-state index < -0.39 is 10.0 Å². The number of carbonyl (C=O) groups is 1. The van der Waals surface area contributed by atoms with Gasteiger partial charge in [0.15, 0.2) is 0 Å². The molecule has 2 aromatic heterocycles. The molecule has 1 unspecified atom stereocenters. The van der Waals surface area contributed by atoms with Gasteiger partial charge in [0, 0.05) is 37.8 Å². The second kappa shape index (κ2) is 12.1. The average molecular weight is 595 g/mol. The van der Waals surface area contributed by atoms with Crippen LogP contribution in [-0.4, -0.2) is 64.8 Å². The number of hydrogen-bond donors (Lipinski definition) is 1. The second-order valence-corrected chi connectivity index (χ2v) is 11.7. The highest BCUT2D eigenvalue weighted by Gasteiger charge is 2.28. The van der Waals surface area contributed by atoms with Gasteiger partial charge in [-0.05, 0) is 49.2 Å². The lowest BCUT2D eigenvalue weighted by molar-refractivity contribution is -0.130. The van der Waals surface area contributed by atoms with Gasteiger partial charge in [-0.3, -0.25) is 9.48 Å². The van der Waals surface area contributed by atoms with Crippen molar-refractivity contribution in [1.82, 2.24) is 24.6 Å². The van der Waals surface area contributed by atoms with Crippen LogP contribution in [0.15, 0.2) is 65.8 Å². The summed E-state index contributed by atoms with van der Waals surface area (Å²) in [6, 6.07) is 13.1. The molecule has 0 aliphatic carbocycles. The number of sulfonamides is 1. The van der Waals surface area contributed by atoms with Gasteiger partial charge in [-0.2, -0.15) is 10.1 Å². The largest absolute Gasteiger partial charge is 0.493 e. The average Bonchev–Trinajstić information content (AvgIpc) is 3.59. The van der Waals surface area contributed by atoms with Gasteiger partial charge in [0.2, 0.25) is 17.7 Å². The summed E-state index contributed by atoms with van der Waals surface area (Å²) in [4.78, 5) is 23.3. The van der Waals surface area contributed by atoms with Crippen LogP contribution in [0.1, 0.15) is 24.0 Å². The fourth-order valence-corrected chi connectivity index (χ4v) is 5.69. The van der Waals surface area contributed by atoms with E-state index in [4.69, 9.17) is 9.47 Å². The Bertz CT molecular complexity index is 1670. The Hall–Kier alpha value is -4.52. The van der Waals surface area contributed by atoms with Gasteiger partial charge in [0.1, 0.15) is 22.6 Å². The molecule has 1 saturated heterocycles. The fourth-order valence-electron chi connectivity index (χ4n) is 4.76. The number of aryl methyl sites for hydroxylation is 3. The molecule has 5 rings (SSSR count). The Morgan fingerprint density at radius 2 is 1.86 bits per heavy atom. The summed E-state index contributed by atoms with van der Waals surface area (Å²) < 4.78 is 54.7. The number of nitrogens with zero attached hydrogens (tertiary/aromatic N) is 5. The standard InChI is InChI=1S/C29H31FN6O5S/c1-19-5-4-6-20(2)28(19)25-15-26(33-29(32-25)34-42(38,39)24-16-31-35(3)18-24)41-23-11-13-36(17-23)27(37)12-14-40-22-9-7-21(30)8-10-22/h4-10,15-16,18,23H,11-14,17H2,1-3H3,(H,32,33,34). The summed E-state index contributed by atoms with van der Waals surface area (Å²) in [5.41, 5.74) is 3.27. The summed E-state index contributed by atoms with van der Waals surface area (Å²) in [5, 5.41) is 3.94. The normalized spacial score (nSPS) is 15.0. The SMILES string of the molecule is Cc1cccc(C)c1-c1cc(OC2CCN(C(=O)CCOc3ccc(F)cc3)C2)nc(NS(=O)(=O)c2cnn(C)c2)n1. The van der Waals surface area contributed by atoms with E-state index in [1.807, 2.05) is 32.0 Å². The van der Waals surface area contributed by atoms with Crippen molar-refractivity contribution in [1.29, 1.82) is 0 Å². The molecule has 0 bridgehead atoms. The number of amides is 1. The molecule has 0 saturated carbocycles. The topological polar surface area (TPSA) is 129 Å². The third-order valence-corrected chi connectivity index (χ3v) is 8.12. The van der Waals surface area contributed by atoms with E-state index in [9.17, 15) is 17.6 Å². The lowest BCUT2D eigenvalue weighted by Crippen LogP contribution is -2.32. The maximum absolute atomic E-state index is 13.1. The Morgan fingerprint density at radius 1 is 1.12 bits per heavy atom. The van der Waals surface area contributed by atoms with Crippen LogP contribution >= 0.6 is 0 Å². The van der Waals surface area contributed by atoms with Crippen molar-refractivity contribution in [3.63, 3.8) is 0 Å². The summed E-state index contributed by atoms with van der Waals surface area (Å²) in [7, 11) is -2.38. The zero-order valence-corrected chi connectivity index (χ0v) is 24.3. The molecule has 1 fully saturated rings. The second-order valence-electron chi connectivity index (χ2n) is 10.1. The van der Waals surface area contributed by atoms with Gasteiger partial charge < -0.3 is 14.4 Å². The predicted molar refractivity (Wildman–Crippen MR) is 153 cm³/mol. The van der Waals surface area contributed by atoms with E-state index >= 15 is 0 Å². The third kappa shape index (κ3) is 6.85. The summed E-state index contributed by atoms with van der Waals surface area (Å²) in [5.74, 6) is 0.0880. The third-order valence-electron chi connectivity index (χ3n) is 6.84. The molecule has 1 atom stereocenters. The molecule has 1 aliphatic heterocycles.